The van der Waals surface area contributed by atoms with E-state index in [1.165, 1.54) is 0 Å². The monoisotopic (exact) mass is 279 g/mol. The van der Waals surface area contributed by atoms with E-state index in [2.05, 4.69) is 5.10 Å². The molecule has 1 aromatic heterocycles. The van der Waals surface area contributed by atoms with E-state index in [4.69, 9.17) is 0 Å². The molecule has 1 amide bonds. The zero-order chi connectivity index (χ0) is 15.0. The number of aromatic nitrogens is 2. The van der Waals surface area contributed by atoms with Crippen LogP contribution < -0.4 is 0 Å². The molecule has 1 aliphatic rings. The molecule has 2 unspecified atom stereocenters. The first kappa shape index (κ1) is 14.6. The second-order valence-corrected chi connectivity index (χ2v) is 5.49. The van der Waals surface area contributed by atoms with E-state index < -0.39 is 17.9 Å². The molecular weight excluding hydrogens is 258 g/mol. The number of hydrogen-bond acceptors (Lipinski definition) is 3. The van der Waals surface area contributed by atoms with Gasteiger partial charge in [0.25, 0.3) is 0 Å². The SMILES string of the molecule is Cc1nn(C)c(C)c1C1C(C(=O)O)CCCC(=O)N1C. The molecule has 0 aromatic carbocycles. The predicted octanol–water partition coefficient (Wildman–Crippen LogP) is 1.42. The molecule has 1 fully saturated rings. The number of nitrogens with zero attached hydrogens (tertiary/aromatic N) is 3. The van der Waals surface area contributed by atoms with Crippen molar-refractivity contribution >= 4 is 11.9 Å². The Bertz CT molecular complexity index is 550. The Morgan fingerprint density at radius 1 is 1.35 bits per heavy atom. The van der Waals surface area contributed by atoms with Gasteiger partial charge in [0.15, 0.2) is 0 Å². The lowest BCUT2D eigenvalue weighted by Crippen LogP contribution is -2.36. The fourth-order valence-corrected chi connectivity index (χ4v) is 3.10. The van der Waals surface area contributed by atoms with Gasteiger partial charge in [0.2, 0.25) is 5.91 Å². The van der Waals surface area contributed by atoms with Gasteiger partial charge in [-0.05, 0) is 26.7 Å². The van der Waals surface area contributed by atoms with Crippen molar-refractivity contribution in [1.82, 2.24) is 14.7 Å². The predicted molar refractivity (Wildman–Crippen MR) is 73.2 cm³/mol. The first-order chi connectivity index (χ1) is 9.34. The highest BCUT2D eigenvalue weighted by Crippen LogP contribution is 2.37. The summed E-state index contributed by atoms with van der Waals surface area (Å²) < 4.78 is 1.74. The van der Waals surface area contributed by atoms with Crippen molar-refractivity contribution in [1.29, 1.82) is 0 Å². The van der Waals surface area contributed by atoms with Gasteiger partial charge in [-0.1, -0.05) is 0 Å². The Balaban J connectivity index is 2.56. The van der Waals surface area contributed by atoms with E-state index in [9.17, 15) is 14.7 Å². The van der Waals surface area contributed by atoms with Crippen molar-refractivity contribution in [2.24, 2.45) is 13.0 Å². The molecule has 2 heterocycles. The third-order valence-electron chi connectivity index (χ3n) is 4.28. The molecule has 1 aliphatic heterocycles. The minimum absolute atomic E-state index is 0.00130. The molecule has 6 nitrogen and oxygen atoms in total. The number of carboxylic acids is 1. The Morgan fingerprint density at radius 2 is 2.00 bits per heavy atom. The lowest BCUT2D eigenvalue weighted by atomic mass is 9.88. The zero-order valence-corrected chi connectivity index (χ0v) is 12.4. The number of carbonyl (C=O) groups is 2. The largest absolute Gasteiger partial charge is 0.481 e. The summed E-state index contributed by atoms with van der Waals surface area (Å²) >= 11 is 0. The van der Waals surface area contributed by atoms with E-state index in [0.29, 0.717) is 19.3 Å². The van der Waals surface area contributed by atoms with Crippen molar-refractivity contribution in [3.63, 3.8) is 0 Å². The summed E-state index contributed by atoms with van der Waals surface area (Å²) in [6.07, 6.45) is 1.55. The minimum atomic E-state index is -0.848. The van der Waals surface area contributed by atoms with Crippen LogP contribution in [0.5, 0.6) is 0 Å². The van der Waals surface area contributed by atoms with E-state index in [0.717, 1.165) is 17.0 Å². The highest BCUT2D eigenvalue weighted by molar-refractivity contribution is 5.79. The normalized spacial score (nSPS) is 23.8. The van der Waals surface area contributed by atoms with E-state index in [1.807, 2.05) is 20.9 Å². The average molecular weight is 279 g/mol. The van der Waals surface area contributed by atoms with Gasteiger partial charge in [0.05, 0.1) is 17.7 Å². The van der Waals surface area contributed by atoms with Gasteiger partial charge >= 0.3 is 5.97 Å². The lowest BCUT2D eigenvalue weighted by molar-refractivity contribution is -0.145. The van der Waals surface area contributed by atoms with Crippen molar-refractivity contribution in [3.8, 4) is 0 Å². The molecule has 110 valence electrons. The van der Waals surface area contributed by atoms with E-state index in [-0.39, 0.29) is 5.91 Å². The average Bonchev–Trinajstić information content (AvgIpc) is 2.53. The van der Waals surface area contributed by atoms with Crippen LogP contribution in [0.2, 0.25) is 0 Å². The van der Waals surface area contributed by atoms with Crippen LogP contribution in [0.4, 0.5) is 0 Å². The first-order valence-electron chi connectivity index (χ1n) is 6.83. The van der Waals surface area contributed by atoms with Crippen LogP contribution in [0, 0.1) is 19.8 Å². The van der Waals surface area contributed by atoms with Crippen LogP contribution in [0.3, 0.4) is 0 Å². The van der Waals surface area contributed by atoms with Gasteiger partial charge in [-0.2, -0.15) is 5.10 Å². The summed E-state index contributed by atoms with van der Waals surface area (Å²) in [5.74, 6) is -1.42. The Hall–Kier alpha value is -1.85. The third kappa shape index (κ3) is 2.30. The topological polar surface area (TPSA) is 75.4 Å². The highest BCUT2D eigenvalue weighted by atomic mass is 16.4. The van der Waals surface area contributed by atoms with Crippen LogP contribution in [-0.2, 0) is 16.6 Å². The fourth-order valence-electron chi connectivity index (χ4n) is 3.10. The molecule has 6 heteroatoms. The number of rotatable bonds is 2. The maximum atomic E-state index is 12.1. The molecule has 2 atom stereocenters. The Morgan fingerprint density at radius 3 is 2.50 bits per heavy atom. The quantitative estimate of drug-likeness (QED) is 0.888. The van der Waals surface area contributed by atoms with E-state index in [1.54, 1.807) is 16.6 Å². The summed E-state index contributed by atoms with van der Waals surface area (Å²) in [6.45, 7) is 3.78. The molecular formula is C14H21N3O3. The Labute approximate surface area is 118 Å². The molecule has 0 saturated carbocycles. The van der Waals surface area contributed by atoms with Gasteiger partial charge in [-0.3, -0.25) is 14.3 Å². The molecule has 0 spiro atoms. The molecule has 0 aliphatic carbocycles. The smallest absolute Gasteiger partial charge is 0.308 e. The second kappa shape index (κ2) is 5.26. The molecule has 1 aromatic rings. The van der Waals surface area contributed by atoms with Crippen LogP contribution in [0.15, 0.2) is 0 Å². The van der Waals surface area contributed by atoms with Crippen LogP contribution in [-0.4, -0.2) is 38.7 Å². The number of aliphatic carboxylic acids is 1. The van der Waals surface area contributed by atoms with Gasteiger partial charge in [0.1, 0.15) is 0 Å². The van der Waals surface area contributed by atoms with Crippen LogP contribution in [0.1, 0.15) is 42.3 Å². The molecule has 20 heavy (non-hydrogen) atoms. The maximum Gasteiger partial charge on any atom is 0.308 e. The maximum absolute atomic E-state index is 12.1. The van der Waals surface area contributed by atoms with Gasteiger partial charge in [-0.15, -0.1) is 0 Å². The standard InChI is InChI=1S/C14H21N3O3/c1-8-12(9(2)17(4)15-8)13-10(14(19)20)6-5-7-11(18)16(13)3/h10,13H,5-7H2,1-4H3,(H,19,20). The zero-order valence-electron chi connectivity index (χ0n) is 12.4. The van der Waals surface area contributed by atoms with Gasteiger partial charge in [-0.25, -0.2) is 0 Å². The van der Waals surface area contributed by atoms with Crippen molar-refractivity contribution in [2.75, 3.05) is 7.05 Å². The second-order valence-electron chi connectivity index (χ2n) is 5.49. The van der Waals surface area contributed by atoms with Crippen LogP contribution in [0.25, 0.3) is 0 Å². The molecule has 1 saturated heterocycles. The number of likely N-dealkylation sites (tertiary alicyclic amines) is 1. The number of carbonyl (C=O) groups excluding carboxylic acids is 1. The summed E-state index contributed by atoms with van der Waals surface area (Å²) in [7, 11) is 3.53. The number of carboxylic acid groups (broad SMARTS) is 1. The summed E-state index contributed by atoms with van der Waals surface area (Å²) in [4.78, 5) is 25.3. The van der Waals surface area contributed by atoms with Gasteiger partial charge in [0, 0.05) is 31.8 Å². The third-order valence-corrected chi connectivity index (χ3v) is 4.28. The first-order valence-corrected chi connectivity index (χ1v) is 6.83. The molecule has 0 radical (unpaired) electrons. The van der Waals surface area contributed by atoms with Crippen molar-refractivity contribution in [2.45, 2.75) is 39.2 Å². The molecule has 1 N–H and O–H groups in total. The molecule has 2 rings (SSSR count). The molecule has 0 bridgehead atoms. The number of hydrogen-bond donors (Lipinski definition) is 1. The lowest BCUT2D eigenvalue weighted by Gasteiger charge is -2.31. The van der Waals surface area contributed by atoms with Crippen LogP contribution >= 0.6 is 0 Å². The summed E-state index contributed by atoms with van der Waals surface area (Å²) in [5, 5.41) is 13.9. The van der Waals surface area contributed by atoms with E-state index >= 15 is 0 Å². The number of amides is 1. The Kier molecular flexibility index (Phi) is 3.83. The fraction of sp³-hybridized carbons (Fsp3) is 0.643. The number of aryl methyl sites for hydroxylation is 2. The van der Waals surface area contributed by atoms with Gasteiger partial charge < -0.3 is 10.0 Å². The summed E-state index contributed by atoms with van der Waals surface area (Å²) in [5.41, 5.74) is 2.58. The summed E-state index contributed by atoms with van der Waals surface area (Å²) in [6, 6.07) is -0.434. The van der Waals surface area contributed by atoms with Crippen molar-refractivity contribution in [3.05, 3.63) is 17.0 Å². The minimum Gasteiger partial charge on any atom is -0.481 e. The highest BCUT2D eigenvalue weighted by Gasteiger charge is 2.39. The van der Waals surface area contributed by atoms with Crippen molar-refractivity contribution < 1.29 is 14.7 Å².